The van der Waals surface area contributed by atoms with Crippen molar-refractivity contribution < 1.29 is 9.59 Å². The Balaban J connectivity index is 1.35. The van der Waals surface area contributed by atoms with Crippen molar-refractivity contribution >= 4 is 17.8 Å². The molecular formula is C17H19N5O2. The van der Waals surface area contributed by atoms with Gasteiger partial charge in [0.05, 0.1) is 5.92 Å². The number of anilines is 1. The van der Waals surface area contributed by atoms with Crippen LogP contribution in [0.3, 0.4) is 0 Å². The highest BCUT2D eigenvalue weighted by Crippen LogP contribution is 2.38. The number of rotatable bonds is 5. The van der Waals surface area contributed by atoms with Crippen LogP contribution in [-0.4, -0.2) is 38.4 Å². The van der Waals surface area contributed by atoms with E-state index < -0.39 is 0 Å². The Kier molecular flexibility index (Phi) is 3.76. The number of nitrogens with zero attached hydrogens (tertiary/aromatic N) is 3. The van der Waals surface area contributed by atoms with Gasteiger partial charge in [0.2, 0.25) is 17.8 Å². The van der Waals surface area contributed by atoms with Crippen LogP contribution in [0.4, 0.5) is 5.95 Å². The number of hydrogen-bond donors (Lipinski definition) is 2. The van der Waals surface area contributed by atoms with Gasteiger partial charge in [0.1, 0.15) is 5.82 Å². The van der Waals surface area contributed by atoms with Gasteiger partial charge >= 0.3 is 0 Å². The molecule has 0 unspecified atom stereocenters. The Morgan fingerprint density at radius 3 is 2.83 bits per heavy atom. The predicted octanol–water partition coefficient (Wildman–Crippen LogP) is 1.67. The normalized spacial score (nSPS) is 20.4. The van der Waals surface area contributed by atoms with Gasteiger partial charge in [-0.1, -0.05) is 30.3 Å². The molecule has 1 aromatic carbocycles. The number of H-pyrrole nitrogens is 1. The smallest absolute Gasteiger partial charge is 0.248 e. The number of amides is 2. The number of aromatic amines is 1. The fraction of sp³-hybridized carbons (Fsp3) is 0.412. The van der Waals surface area contributed by atoms with Gasteiger partial charge < -0.3 is 4.90 Å². The first-order valence-electron chi connectivity index (χ1n) is 8.24. The molecule has 124 valence electrons. The van der Waals surface area contributed by atoms with Crippen LogP contribution < -0.4 is 5.32 Å². The summed E-state index contributed by atoms with van der Waals surface area (Å²) in [6.45, 7) is 0.968. The zero-order valence-corrected chi connectivity index (χ0v) is 13.2. The van der Waals surface area contributed by atoms with Crippen LogP contribution in [0.2, 0.25) is 0 Å². The number of aromatic nitrogens is 3. The topological polar surface area (TPSA) is 91.0 Å². The number of carbonyl (C=O) groups excluding carboxylic acids is 2. The lowest BCUT2D eigenvalue weighted by Crippen LogP contribution is -2.28. The third kappa shape index (κ3) is 3.15. The monoisotopic (exact) mass is 325 g/mol. The van der Waals surface area contributed by atoms with E-state index in [1.54, 1.807) is 4.90 Å². The minimum absolute atomic E-state index is 0.00709. The van der Waals surface area contributed by atoms with Gasteiger partial charge in [0, 0.05) is 25.4 Å². The largest absolute Gasteiger partial charge is 0.338 e. The fourth-order valence-electron chi connectivity index (χ4n) is 2.99. The van der Waals surface area contributed by atoms with Crippen molar-refractivity contribution in [2.75, 3.05) is 11.9 Å². The third-order valence-corrected chi connectivity index (χ3v) is 4.50. The van der Waals surface area contributed by atoms with Crippen LogP contribution in [0, 0.1) is 5.92 Å². The third-order valence-electron chi connectivity index (χ3n) is 4.50. The molecule has 2 amide bonds. The van der Waals surface area contributed by atoms with Crippen molar-refractivity contribution in [3.05, 3.63) is 41.7 Å². The molecule has 1 aliphatic heterocycles. The second-order valence-corrected chi connectivity index (χ2v) is 6.47. The van der Waals surface area contributed by atoms with E-state index in [1.807, 2.05) is 30.3 Å². The molecule has 24 heavy (non-hydrogen) atoms. The molecule has 1 aliphatic carbocycles. The van der Waals surface area contributed by atoms with E-state index in [-0.39, 0.29) is 24.2 Å². The molecule has 1 saturated carbocycles. The Morgan fingerprint density at radius 1 is 1.29 bits per heavy atom. The second-order valence-electron chi connectivity index (χ2n) is 6.47. The minimum Gasteiger partial charge on any atom is -0.338 e. The van der Waals surface area contributed by atoms with Crippen molar-refractivity contribution in [1.82, 2.24) is 20.1 Å². The van der Waals surface area contributed by atoms with E-state index >= 15 is 0 Å². The summed E-state index contributed by atoms with van der Waals surface area (Å²) >= 11 is 0. The van der Waals surface area contributed by atoms with Crippen molar-refractivity contribution in [3.8, 4) is 0 Å². The molecule has 1 saturated heterocycles. The van der Waals surface area contributed by atoms with Gasteiger partial charge in [0.15, 0.2) is 0 Å². The maximum absolute atomic E-state index is 12.4. The Labute approximate surface area is 139 Å². The number of hydrogen-bond acceptors (Lipinski definition) is 4. The van der Waals surface area contributed by atoms with Crippen molar-refractivity contribution in [2.45, 2.75) is 31.7 Å². The lowest BCUT2D eigenvalue weighted by molar-refractivity contribution is -0.128. The zero-order chi connectivity index (χ0) is 16.5. The summed E-state index contributed by atoms with van der Waals surface area (Å²) in [6, 6.07) is 9.79. The molecule has 2 aromatic rings. The molecule has 1 aromatic heterocycles. The first kappa shape index (κ1) is 14.9. The molecule has 2 aliphatic rings. The van der Waals surface area contributed by atoms with Crippen molar-refractivity contribution in [3.63, 3.8) is 0 Å². The highest BCUT2D eigenvalue weighted by molar-refractivity contribution is 5.96. The lowest BCUT2D eigenvalue weighted by Gasteiger charge is -2.16. The van der Waals surface area contributed by atoms with Gasteiger partial charge in [-0.25, -0.2) is 0 Å². The number of likely N-dealkylation sites (tertiary alicyclic amines) is 1. The molecule has 7 nitrogen and oxygen atoms in total. The summed E-state index contributed by atoms with van der Waals surface area (Å²) in [7, 11) is 0. The van der Waals surface area contributed by atoms with Crippen molar-refractivity contribution in [1.29, 1.82) is 0 Å². The molecular weight excluding hydrogens is 306 g/mol. The molecule has 4 rings (SSSR count). The van der Waals surface area contributed by atoms with E-state index in [4.69, 9.17) is 0 Å². The van der Waals surface area contributed by atoms with Crippen LogP contribution in [-0.2, 0) is 16.1 Å². The summed E-state index contributed by atoms with van der Waals surface area (Å²) in [5.41, 5.74) is 1.06. The molecule has 1 atom stereocenters. The van der Waals surface area contributed by atoms with Crippen LogP contribution in [0.5, 0.6) is 0 Å². The van der Waals surface area contributed by atoms with Crippen LogP contribution in [0.25, 0.3) is 0 Å². The second kappa shape index (κ2) is 6.07. The van der Waals surface area contributed by atoms with Gasteiger partial charge in [-0.05, 0) is 18.4 Å². The average Bonchev–Trinajstić information content (AvgIpc) is 3.23. The summed E-state index contributed by atoms with van der Waals surface area (Å²) < 4.78 is 0. The zero-order valence-electron chi connectivity index (χ0n) is 13.2. The van der Waals surface area contributed by atoms with Crippen LogP contribution in [0.1, 0.15) is 36.6 Å². The van der Waals surface area contributed by atoms with Crippen molar-refractivity contribution in [2.24, 2.45) is 5.92 Å². The standard InChI is InChI=1S/C17H19N5O2/c23-14-8-13(10-22(14)9-11-4-2-1-3-5-11)16(24)19-17-18-15(20-21-17)12-6-7-12/h1-5,12-13H,6-10H2,(H2,18,19,20,21,24)/t13-/m1/s1. The summed E-state index contributed by atoms with van der Waals surface area (Å²) in [5, 5.41) is 9.61. The average molecular weight is 325 g/mol. The van der Waals surface area contributed by atoms with E-state index in [2.05, 4.69) is 20.5 Å². The molecule has 0 radical (unpaired) electrons. The van der Waals surface area contributed by atoms with Gasteiger partial charge in [-0.15, -0.1) is 5.10 Å². The summed E-state index contributed by atoms with van der Waals surface area (Å²) in [6.07, 6.45) is 2.47. The highest BCUT2D eigenvalue weighted by Gasteiger charge is 2.35. The molecule has 2 fully saturated rings. The first-order valence-corrected chi connectivity index (χ1v) is 8.24. The summed E-state index contributed by atoms with van der Waals surface area (Å²) in [4.78, 5) is 30.5. The molecule has 0 bridgehead atoms. The highest BCUT2D eigenvalue weighted by atomic mass is 16.2. The number of nitrogens with one attached hydrogen (secondary N) is 2. The number of benzene rings is 1. The number of carbonyl (C=O) groups is 2. The Morgan fingerprint density at radius 2 is 2.08 bits per heavy atom. The van der Waals surface area contributed by atoms with E-state index in [9.17, 15) is 9.59 Å². The quantitative estimate of drug-likeness (QED) is 0.875. The van der Waals surface area contributed by atoms with E-state index in [0.29, 0.717) is 25.0 Å². The van der Waals surface area contributed by atoms with Gasteiger partial charge in [0.25, 0.3) is 0 Å². The lowest BCUT2D eigenvalue weighted by atomic mass is 10.1. The predicted molar refractivity (Wildman–Crippen MR) is 87.0 cm³/mol. The molecule has 7 heteroatoms. The molecule has 0 spiro atoms. The molecule has 2 heterocycles. The fourth-order valence-corrected chi connectivity index (χ4v) is 2.99. The minimum atomic E-state index is -0.357. The van der Waals surface area contributed by atoms with E-state index in [0.717, 1.165) is 24.2 Å². The Bertz CT molecular complexity index is 753. The summed E-state index contributed by atoms with van der Waals surface area (Å²) in [5.74, 6) is 1.05. The van der Waals surface area contributed by atoms with Crippen LogP contribution >= 0.6 is 0 Å². The van der Waals surface area contributed by atoms with Gasteiger partial charge in [-0.2, -0.15) is 4.98 Å². The van der Waals surface area contributed by atoms with E-state index in [1.165, 1.54) is 0 Å². The maximum Gasteiger partial charge on any atom is 0.248 e. The Hall–Kier alpha value is -2.70. The van der Waals surface area contributed by atoms with Crippen LogP contribution in [0.15, 0.2) is 30.3 Å². The first-order chi connectivity index (χ1) is 11.7. The van der Waals surface area contributed by atoms with Gasteiger partial charge in [-0.3, -0.25) is 20.0 Å². The molecule has 2 N–H and O–H groups in total. The maximum atomic E-state index is 12.4. The SMILES string of the molecule is O=C(Nc1n[nH]c(C2CC2)n1)[C@@H]1CC(=O)N(Cc2ccccc2)C1.